The fourth-order valence-corrected chi connectivity index (χ4v) is 8.31. The van der Waals surface area contributed by atoms with Gasteiger partial charge in [0.15, 0.2) is 0 Å². The van der Waals surface area contributed by atoms with Crippen LogP contribution in [-0.2, 0) is 5.41 Å². The molecule has 4 nitrogen and oxygen atoms in total. The molecule has 3 aromatic heterocycles. The Morgan fingerprint density at radius 2 is 1.20 bits per heavy atom. The number of hydrogen-bond donors (Lipinski definition) is 0. The molecule has 0 amide bonds. The Labute approximate surface area is 263 Å². The molecule has 9 rings (SSSR count). The normalized spacial score (nSPS) is 16.1. The number of para-hydroxylation sites is 2. The third-order valence-corrected chi connectivity index (χ3v) is 10.4. The van der Waals surface area contributed by atoms with Crippen LogP contribution in [0.25, 0.3) is 50.3 Å². The van der Waals surface area contributed by atoms with Gasteiger partial charge in [0.1, 0.15) is 0 Å². The van der Waals surface area contributed by atoms with Gasteiger partial charge in [0.25, 0.3) is 0 Å². The van der Waals surface area contributed by atoms with E-state index < -0.39 is 0 Å². The van der Waals surface area contributed by atoms with Crippen molar-refractivity contribution in [2.75, 3.05) is 18.5 Å². The summed E-state index contributed by atoms with van der Waals surface area (Å²) >= 11 is 0. The van der Waals surface area contributed by atoms with Crippen molar-refractivity contribution in [1.29, 1.82) is 0 Å². The predicted octanol–water partition coefficient (Wildman–Crippen LogP) is 9.84. The number of benzene rings is 4. The Kier molecular flexibility index (Phi) is 5.99. The fourth-order valence-electron chi connectivity index (χ4n) is 8.31. The lowest BCUT2D eigenvalue weighted by atomic mass is 9.65. The van der Waals surface area contributed by atoms with E-state index in [0.717, 1.165) is 17.6 Å². The van der Waals surface area contributed by atoms with Crippen molar-refractivity contribution >= 4 is 44.6 Å². The summed E-state index contributed by atoms with van der Waals surface area (Å²) in [6, 6.07) is 40.6. The molecule has 0 atom stereocenters. The highest BCUT2D eigenvalue weighted by molar-refractivity contribution is 6.07. The van der Waals surface area contributed by atoms with E-state index in [2.05, 4.69) is 136 Å². The van der Waals surface area contributed by atoms with Gasteiger partial charge in [0, 0.05) is 47.4 Å². The van der Waals surface area contributed by atoms with Crippen LogP contribution >= 0.6 is 0 Å². The highest BCUT2D eigenvalue weighted by atomic mass is 15.1. The van der Waals surface area contributed by atoms with Gasteiger partial charge in [-0.05, 0) is 78.6 Å². The molecule has 1 fully saturated rings. The second-order valence-corrected chi connectivity index (χ2v) is 12.8. The zero-order valence-electron chi connectivity index (χ0n) is 25.7. The first-order valence-corrected chi connectivity index (χ1v) is 16.3. The second kappa shape index (κ2) is 10.2. The van der Waals surface area contributed by atoms with Gasteiger partial charge in [-0.15, -0.1) is 0 Å². The van der Waals surface area contributed by atoms with Crippen molar-refractivity contribution in [2.24, 2.45) is 0 Å². The van der Waals surface area contributed by atoms with Crippen molar-refractivity contribution in [3.8, 4) is 11.4 Å². The van der Waals surface area contributed by atoms with E-state index in [9.17, 15) is 0 Å². The van der Waals surface area contributed by atoms with Gasteiger partial charge in [0.05, 0.1) is 33.4 Å². The van der Waals surface area contributed by atoms with E-state index in [1.165, 1.54) is 87.8 Å². The van der Waals surface area contributed by atoms with E-state index in [4.69, 9.17) is 4.98 Å². The molecule has 0 spiro atoms. The SMILES string of the molecule is CN1CC=Cc2c1c1ccccc1n2-c1ccc(C2(c3ccc(-n4c5ccccc5c5ncccc54)cc3)CCCCC2)cc1. The molecule has 1 saturated carbocycles. The van der Waals surface area contributed by atoms with Crippen LogP contribution in [0.4, 0.5) is 5.69 Å². The molecule has 4 heterocycles. The van der Waals surface area contributed by atoms with Crippen molar-refractivity contribution in [1.82, 2.24) is 14.1 Å². The molecule has 0 N–H and O–H groups in total. The first kappa shape index (κ1) is 26.3. The third kappa shape index (κ3) is 3.95. The molecule has 2 aliphatic rings. The van der Waals surface area contributed by atoms with E-state index in [1.54, 1.807) is 0 Å². The molecule has 4 heteroatoms. The van der Waals surface area contributed by atoms with Gasteiger partial charge in [-0.25, -0.2) is 0 Å². The van der Waals surface area contributed by atoms with E-state index in [-0.39, 0.29) is 5.41 Å². The summed E-state index contributed by atoms with van der Waals surface area (Å²) in [6.07, 6.45) is 12.6. The molecule has 0 bridgehead atoms. The van der Waals surface area contributed by atoms with E-state index in [1.807, 2.05) is 12.3 Å². The summed E-state index contributed by atoms with van der Waals surface area (Å²) in [7, 11) is 2.19. The monoisotopic (exact) mass is 584 g/mol. The third-order valence-electron chi connectivity index (χ3n) is 10.4. The molecule has 1 aliphatic heterocycles. The Morgan fingerprint density at radius 3 is 1.91 bits per heavy atom. The maximum atomic E-state index is 4.74. The Balaban J connectivity index is 1.13. The summed E-state index contributed by atoms with van der Waals surface area (Å²) in [6.45, 7) is 0.939. The minimum Gasteiger partial charge on any atom is -0.369 e. The molecule has 0 radical (unpaired) electrons. The number of anilines is 1. The standard InChI is InChI=1S/C41H36N4/c1-43-28-10-16-38-40(43)34-12-4-6-14-36(34)45(38)32-23-19-30(20-24-32)41(25-7-2-8-26-41)29-17-21-31(22-18-29)44-35-13-5-3-11-33(35)39-37(44)15-9-27-42-39/h3-6,9-24,27H,2,7-8,25-26,28H2,1H3. The molecule has 0 saturated heterocycles. The molecule has 220 valence electrons. The largest absolute Gasteiger partial charge is 0.369 e. The zero-order chi connectivity index (χ0) is 30.0. The van der Waals surface area contributed by atoms with Crippen LogP contribution in [0.3, 0.4) is 0 Å². The summed E-state index contributed by atoms with van der Waals surface area (Å²) < 4.78 is 4.79. The van der Waals surface area contributed by atoms with Crippen LogP contribution < -0.4 is 4.90 Å². The lowest BCUT2D eigenvalue weighted by Gasteiger charge is -2.39. The van der Waals surface area contributed by atoms with Crippen molar-refractivity contribution in [2.45, 2.75) is 37.5 Å². The molecular formula is C41H36N4. The maximum Gasteiger partial charge on any atom is 0.0963 e. The molecule has 45 heavy (non-hydrogen) atoms. The van der Waals surface area contributed by atoms with Gasteiger partial charge < -0.3 is 14.0 Å². The first-order chi connectivity index (χ1) is 22.2. The maximum absolute atomic E-state index is 4.74. The summed E-state index contributed by atoms with van der Waals surface area (Å²) in [5, 5.41) is 2.51. The van der Waals surface area contributed by atoms with Crippen molar-refractivity contribution < 1.29 is 0 Å². The molecule has 1 aliphatic carbocycles. The molecule has 4 aromatic carbocycles. The average molecular weight is 585 g/mol. The van der Waals surface area contributed by atoms with Gasteiger partial charge >= 0.3 is 0 Å². The van der Waals surface area contributed by atoms with Crippen molar-refractivity contribution in [3.63, 3.8) is 0 Å². The zero-order valence-corrected chi connectivity index (χ0v) is 25.7. The van der Waals surface area contributed by atoms with Crippen LogP contribution in [-0.4, -0.2) is 27.7 Å². The molecule has 7 aromatic rings. The summed E-state index contributed by atoms with van der Waals surface area (Å²) in [5.74, 6) is 0. The van der Waals surface area contributed by atoms with Crippen LogP contribution in [0.15, 0.2) is 121 Å². The van der Waals surface area contributed by atoms with Crippen LogP contribution in [0.2, 0.25) is 0 Å². The minimum atomic E-state index is 0.0238. The number of likely N-dealkylation sites (N-methyl/N-ethyl adjacent to an activating group) is 1. The lowest BCUT2D eigenvalue weighted by molar-refractivity contribution is 0.346. The number of aromatic nitrogens is 3. The molecular weight excluding hydrogens is 548 g/mol. The van der Waals surface area contributed by atoms with Crippen LogP contribution in [0.1, 0.15) is 48.9 Å². The number of fused-ring (bicyclic) bond motifs is 6. The smallest absolute Gasteiger partial charge is 0.0963 e. The van der Waals surface area contributed by atoms with Crippen LogP contribution in [0, 0.1) is 0 Å². The van der Waals surface area contributed by atoms with E-state index in [0.29, 0.717) is 0 Å². The van der Waals surface area contributed by atoms with Crippen molar-refractivity contribution in [3.05, 3.63) is 138 Å². The topological polar surface area (TPSA) is 26.0 Å². The second-order valence-electron chi connectivity index (χ2n) is 12.8. The van der Waals surface area contributed by atoms with Gasteiger partial charge in [-0.3, -0.25) is 4.98 Å². The fraction of sp³-hybridized carbons (Fsp3) is 0.195. The van der Waals surface area contributed by atoms with Gasteiger partial charge in [0.2, 0.25) is 0 Å². The number of rotatable bonds is 4. The summed E-state index contributed by atoms with van der Waals surface area (Å²) in [5.41, 5.74) is 12.5. The Bertz CT molecular complexity index is 2170. The average Bonchev–Trinajstić information content (AvgIpc) is 3.63. The van der Waals surface area contributed by atoms with Crippen LogP contribution in [0.5, 0.6) is 0 Å². The minimum absolute atomic E-state index is 0.0238. The number of hydrogen-bond acceptors (Lipinski definition) is 2. The van der Waals surface area contributed by atoms with E-state index >= 15 is 0 Å². The van der Waals surface area contributed by atoms with Gasteiger partial charge in [-0.2, -0.15) is 0 Å². The highest BCUT2D eigenvalue weighted by Crippen LogP contribution is 2.46. The number of pyridine rings is 1. The lowest BCUT2D eigenvalue weighted by Crippen LogP contribution is -2.30. The Morgan fingerprint density at radius 1 is 0.600 bits per heavy atom. The Hall–Kier alpha value is -5.09. The first-order valence-electron chi connectivity index (χ1n) is 16.3. The summed E-state index contributed by atoms with van der Waals surface area (Å²) in [4.78, 5) is 7.10. The number of nitrogens with zero attached hydrogens (tertiary/aromatic N) is 4. The quantitative estimate of drug-likeness (QED) is 0.206. The highest BCUT2D eigenvalue weighted by Gasteiger charge is 2.36. The van der Waals surface area contributed by atoms with Gasteiger partial charge in [-0.1, -0.05) is 86.0 Å². The molecule has 0 unspecified atom stereocenters. The predicted molar refractivity (Wildman–Crippen MR) is 188 cm³/mol.